The molecule has 0 bridgehead atoms. The van der Waals surface area contributed by atoms with Crippen LogP contribution in [0.3, 0.4) is 0 Å². The number of nitrogen functional groups attached to an aromatic ring is 1. The molecule has 5 nitrogen and oxygen atoms in total. The third kappa shape index (κ3) is 2.07. The van der Waals surface area contributed by atoms with Crippen LogP contribution in [0.15, 0.2) is 6.20 Å². The van der Waals surface area contributed by atoms with E-state index >= 15 is 0 Å². The Morgan fingerprint density at radius 1 is 1.67 bits per heavy atom. The maximum atomic E-state index is 5.89. The topological polar surface area (TPSA) is 56.3 Å². The zero-order valence-corrected chi connectivity index (χ0v) is 9.31. The van der Waals surface area contributed by atoms with Crippen molar-refractivity contribution in [2.24, 2.45) is 7.05 Å². The SMILES string of the molecule is CCC1CN(c2nn(C)cc2N)CCO1. The molecular weight excluding hydrogens is 192 g/mol. The first-order chi connectivity index (χ1) is 7.20. The first kappa shape index (κ1) is 10.3. The first-order valence-corrected chi connectivity index (χ1v) is 5.36. The van der Waals surface area contributed by atoms with Crippen molar-refractivity contribution in [2.75, 3.05) is 30.3 Å². The second-order valence-corrected chi connectivity index (χ2v) is 3.93. The van der Waals surface area contributed by atoms with E-state index in [0.717, 1.165) is 37.6 Å². The van der Waals surface area contributed by atoms with Gasteiger partial charge < -0.3 is 15.4 Å². The highest BCUT2D eigenvalue weighted by molar-refractivity contribution is 5.61. The van der Waals surface area contributed by atoms with E-state index in [4.69, 9.17) is 10.5 Å². The van der Waals surface area contributed by atoms with Crippen molar-refractivity contribution in [1.29, 1.82) is 0 Å². The monoisotopic (exact) mass is 210 g/mol. The van der Waals surface area contributed by atoms with Gasteiger partial charge in [-0.05, 0) is 6.42 Å². The van der Waals surface area contributed by atoms with E-state index in [2.05, 4.69) is 16.9 Å². The second kappa shape index (κ2) is 4.10. The number of rotatable bonds is 2. The minimum absolute atomic E-state index is 0.306. The number of ether oxygens (including phenoxy) is 1. The second-order valence-electron chi connectivity index (χ2n) is 3.93. The number of nitrogens with two attached hydrogens (primary N) is 1. The molecule has 0 aliphatic carbocycles. The van der Waals surface area contributed by atoms with Crippen LogP contribution >= 0.6 is 0 Å². The van der Waals surface area contributed by atoms with E-state index < -0.39 is 0 Å². The number of nitrogens with zero attached hydrogens (tertiary/aromatic N) is 3. The van der Waals surface area contributed by atoms with Gasteiger partial charge in [-0.25, -0.2) is 0 Å². The summed E-state index contributed by atoms with van der Waals surface area (Å²) in [6.07, 6.45) is 3.18. The Kier molecular flexibility index (Phi) is 2.81. The van der Waals surface area contributed by atoms with Gasteiger partial charge in [0, 0.05) is 26.3 Å². The standard InChI is InChI=1S/C10H18N4O/c1-3-8-6-14(4-5-15-8)10-9(11)7-13(2)12-10/h7-8H,3-6,11H2,1-2H3. The summed E-state index contributed by atoms with van der Waals surface area (Å²) in [6, 6.07) is 0. The molecule has 0 spiro atoms. The average Bonchev–Trinajstić information content (AvgIpc) is 2.58. The quantitative estimate of drug-likeness (QED) is 0.777. The molecule has 84 valence electrons. The van der Waals surface area contributed by atoms with E-state index in [0.29, 0.717) is 6.10 Å². The molecule has 1 atom stereocenters. The Morgan fingerprint density at radius 2 is 2.47 bits per heavy atom. The largest absolute Gasteiger partial charge is 0.394 e. The van der Waals surface area contributed by atoms with Crippen LogP contribution in [0.4, 0.5) is 11.5 Å². The molecule has 5 heteroatoms. The minimum Gasteiger partial charge on any atom is -0.394 e. The highest BCUT2D eigenvalue weighted by Crippen LogP contribution is 2.22. The summed E-state index contributed by atoms with van der Waals surface area (Å²) in [5, 5.41) is 4.36. The number of hydrogen-bond donors (Lipinski definition) is 1. The maximum absolute atomic E-state index is 5.89. The molecule has 2 rings (SSSR count). The molecule has 1 unspecified atom stereocenters. The van der Waals surface area contributed by atoms with Crippen LogP contribution in [-0.2, 0) is 11.8 Å². The predicted octanol–water partition coefficient (Wildman–Crippen LogP) is 0.618. The Morgan fingerprint density at radius 3 is 3.07 bits per heavy atom. The highest BCUT2D eigenvalue weighted by Gasteiger charge is 2.22. The zero-order valence-electron chi connectivity index (χ0n) is 9.31. The van der Waals surface area contributed by atoms with Gasteiger partial charge >= 0.3 is 0 Å². The van der Waals surface area contributed by atoms with Crippen molar-refractivity contribution < 1.29 is 4.74 Å². The van der Waals surface area contributed by atoms with Gasteiger partial charge in [0.1, 0.15) is 0 Å². The number of aryl methyl sites for hydroxylation is 1. The smallest absolute Gasteiger partial charge is 0.174 e. The van der Waals surface area contributed by atoms with Gasteiger partial charge in [0.15, 0.2) is 5.82 Å². The third-order valence-corrected chi connectivity index (χ3v) is 2.73. The van der Waals surface area contributed by atoms with Crippen LogP contribution in [0.5, 0.6) is 0 Å². The Balaban J connectivity index is 2.13. The normalized spacial score (nSPS) is 22.0. The van der Waals surface area contributed by atoms with Gasteiger partial charge in [-0.1, -0.05) is 6.92 Å². The van der Waals surface area contributed by atoms with Crippen LogP contribution in [0.1, 0.15) is 13.3 Å². The highest BCUT2D eigenvalue weighted by atomic mass is 16.5. The van der Waals surface area contributed by atoms with Gasteiger partial charge in [-0.3, -0.25) is 4.68 Å². The molecular formula is C10H18N4O. The van der Waals surface area contributed by atoms with Gasteiger partial charge in [-0.15, -0.1) is 0 Å². The molecule has 0 saturated carbocycles. The lowest BCUT2D eigenvalue weighted by atomic mass is 10.2. The summed E-state index contributed by atoms with van der Waals surface area (Å²) in [5.41, 5.74) is 6.64. The summed E-state index contributed by atoms with van der Waals surface area (Å²) in [7, 11) is 1.89. The number of hydrogen-bond acceptors (Lipinski definition) is 4. The van der Waals surface area contributed by atoms with Crippen LogP contribution in [0.25, 0.3) is 0 Å². The van der Waals surface area contributed by atoms with Crippen molar-refractivity contribution in [3.05, 3.63) is 6.20 Å². The van der Waals surface area contributed by atoms with Gasteiger partial charge in [0.25, 0.3) is 0 Å². The molecule has 1 fully saturated rings. The van der Waals surface area contributed by atoms with Gasteiger partial charge in [-0.2, -0.15) is 5.10 Å². The summed E-state index contributed by atoms with van der Waals surface area (Å²) in [6.45, 7) is 4.65. The summed E-state index contributed by atoms with van der Waals surface area (Å²) in [4.78, 5) is 2.20. The lowest BCUT2D eigenvalue weighted by Crippen LogP contribution is -2.42. The van der Waals surface area contributed by atoms with Crippen LogP contribution in [0, 0.1) is 0 Å². The van der Waals surface area contributed by atoms with Crippen molar-refractivity contribution in [1.82, 2.24) is 9.78 Å². The fourth-order valence-electron chi connectivity index (χ4n) is 1.90. The Bertz CT molecular complexity index is 336. The summed E-state index contributed by atoms with van der Waals surface area (Å²) >= 11 is 0. The molecule has 2 heterocycles. The van der Waals surface area contributed by atoms with E-state index in [1.807, 2.05) is 13.2 Å². The maximum Gasteiger partial charge on any atom is 0.174 e. The van der Waals surface area contributed by atoms with Crippen LogP contribution in [-0.4, -0.2) is 35.6 Å². The predicted molar refractivity (Wildman–Crippen MR) is 59.9 cm³/mol. The molecule has 2 N–H and O–H groups in total. The molecule has 1 saturated heterocycles. The first-order valence-electron chi connectivity index (χ1n) is 5.36. The van der Waals surface area contributed by atoms with E-state index in [1.54, 1.807) is 4.68 Å². The molecule has 1 aromatic rings. The fraction of sp³-hybridized carbons (Fsp3) is 0.700. The number of anilines is 2. The van der Waals surface area contributed by atoms with E-state index in [9.17, 15) is 0 Å². The van der Waals surface area contributed by atoms with Crippen molar-refractivity contribution in [2.45, 2.75) is 19.4 Å². The lowest BCUT2D eigenvalue weighted by Gasteiger charge is -2.32. The van der Waals surface area contributed by atoms with Gasteiger partial charge in [0.05, 0.1) is 18.4 Å². The minimum atomic E-state index is 0.306. The molecule has 1 aliphatic heterocycles. The number of aromatic nitrogens is 2. The average molecular weight is 210 g/mol. The van der Waals surface area contributed by atoms with Gasteiger partial charge in [0.2, 0.25) is 0 Å². The zero-order chi connectivity index (χ0) is 10.8. The van der Waals surface area contributed by atoms with Crippen LogP contribution in [0.2, 0.25) is 0 Å². The molecule has 0 amide bonds. The lowest BCUT2D eigenvalue weighted by molar-refractivity contribution is 0.0382. The third-order valence-electron chi connectivity index (χ3n) is 2.73. The Hall–Kier alpha value is -1.23. The molecule has 1 aromatic heterocycles. The van der Waals surface area contributed by atoms with Crippen molar-refractivity contribution in [3.8, 4) is 0 Å². The fourth-order valence-corrected chi connectivity index (χ4v) is 1.90. The van der Waals surface area contributed by atoms with E-state index in [-0.39, 0.29) is 0 Å². The van der Waals surface area contributed by atoms with Crippen molar-refractivity contribution >= 4 is 11.5 Å². The van der Waals surface area contributed by atoms with E-state index in [1.165, 1.54) is 0 Å². The Labute approximate surface area is 89.8 Å². The summed E-state index contributed by atoms with van der Waals surface area (Å²) < 4.78 is 7.36. The molecule has 1 aliphatic rings. The number of morpholine rings is 1. The molecule has 0 aromatic carbocycles. The summed E-state index contributed by atoms with van der Waals surface area (Å²) in [5.74, 6) is 0.888. The van der Waals surface area contributed by atoms with Crippen LogP contribution < -0.4 is 10.6 Å². The molecule has 15 heavy (non-hydrogen) atoms. The molecule has 0 radical (unpaired) electrons. The van der Waals surface area contributed by atoms with Crippen molar-refractivity contribution in [3.63, 3.8) is 0 Å².